The van der Waals surface area contributed by atoms with Gasteiger partial charge in [0.05, 0.1) is 12.6 Å². The third-order valence-electron chi connectivity index (χ3n) is 1.89. The number of carbonyl (C=O) groups is 3. The summed E-state index contributed by atoms with van der Waals surface area (Å²) in [6, 6.07) is -1.57. The van der Waals surface area contributed by atoms with Gasteiger partial charge in [-0.05, 0) is 0 Å². The van der Waals surface area contributed by atoms with Crippen LogP contribution in [0.25, 0.3) is 0 Å². The van der Waals surface area contributed by atoms with Crippen molar-refractivity contribution in [1.29, 1.82) is 0 Å². The van der Waals surface area contributed by atoms with Gasteiger partial charge in [0.15, 0.2) is 0 Å². The van der Waals surface area contributed by atoms with Crippen molar-refractivity contribution in [3.8, 4) is 0 Å². The number of amides is 1. The van der Waals surface area contributed by atoms with Crippen molar-refractivity contribution in [2.24, 2.45) is 0 Å². The summed E-state index contributed by atoms with van der Waals surface area (Å²) in [5, 5.41) is 19.2. The van der Waals surface area contributed by atoms with Gasteiger partial charge in [-0.25, -0.2) is 9.78 Å². The molecule has 0 aliphatic heterocycles. The molecule has 1 aromatic rings. The summed E-state index contributed by atoms with van der Waals surface area (Å²) >= 11 is 0. The van der Waals surface area contributed by atoms with Gasteiger partial charge in [0.1, 0.15) is 11.7 Å². The average molecular weight is 255 g/mol. The molecule has 9 nitrogen and oxygen atoms in total. The summed E-state index contributed by atoms with van der Waals surface area (Å²) in [6.45, 7) is 0. The van der Waals surface area contributed by atoms with Crippen LogP contribution in [0.1, 0.15) is 16.9 Å². The molecule has 1 atom stereocenters. The standard InChI is InChI=1S/C9H9N3O6/c13-6-3-10-5(2-11-6)8(16)12-4(9(17)18)1-7(14)15/h2-4H,1H2,(H,11,13)(H,12,16)(H,14,15)(H,17,18)/t4-/m0/s1. The fourth-order valence-electron chi connectivity index (χ4n) is 1.07. The van der Waals surface area contributed by atoms with Gasteiger partial charge in [-0.2, -0.15) is 0 Å². The lowest BCUT2D eigenvalue weighted by Crippen LogP contribution is -2.42. The van der Waals surface area contributed by atoms with Crippen molar-refractivity contribution in [2.45, 2.75) is 12.5 Å². The molecule has 18 heavy (non-hydrogen) atoms. The smallest absolute Gasteiger partial charge is 0.326 e. The Labute approximate surface area is 99.5 Å². The van der Waals surface area contributed by atoms with E-state index in [4.69, 9.17) is 10.2 Å². The molecular formula is C9H9N3O6. The minimum atomic E-state index is -1.57. The summed E-state index contributed by atoms with van der Waals surface area (Å²) in [6.07, 6.45) is 1.09. The number of rotatable bonds is 5. The van der Waals surface area contributed by atoms with Crippen LogP contribution in [0.2, 0.25) is 0 Å². The number of nitrogens with zero attached hydrogens (tertiary/aromatic N) is 1. The van der Waals surface area contributed by atoms with Crippen LogP contribution in [-0.4, -0.2) is 44.1 Å². The molecule has 96 valence electrons. The van der Waals surface area contributed by atoms with E-state index in [-0.39, 0.29) is 5.69 Å². The normalized spacial score (nSPS) is 11.6. The van der Waals surface area contributed by atoms with Crippen LogP contribution >= 0.6 is 0 Å². The third kappa shape index (κ3) is 3.70. The van der Waals surface area contributed by atoms with Gasteiger partial charge in [-0.1, -0.05) is 0 Å². The summed E-state index contributed by atoms with van der Waals surface area (Å²) in [7, 11) is 0. The van der Waals surface area contributed by atoms with Crippen LogP contribution in [0, 0.1) is 0 Å². The van der Waals surface area contributed by atoms with Gasteiger partial charge in [0.25, 0.3) is 11.5 Å². The number of aromatic amines is 1. The Morgan fingerprint density at radius 3 is 2.50 bits per heavy atom. The van der Waals surface area contributed by atoms with E-state index in [0.29, 0.717) is 0 Å². The molecule has 1 amide bonds. The van der Waals surface area contributed by atoms with Crippen molar-refractivity contribution < 1.29 is 24.6 Å². The highest BCUT2D eigenvalue weighted by Gasteiger charge is 2.23. The Hall–Kier alpha value is -2.71. The fourth-order valence-corrected chi connectivity index (χ4v) is 1.07. The zero-order valence-corrected chi connectivity index (χ0v) is 8.91. The molecule has 0 bridgehead atoms. The lowest BCUT2D eigenvalue weighted by Gasteiger charge is -2.11. The SMILES string of the molecule is O=C(O)C[C@H](NC(=O)c1c[nH]c(=O)cn1)C(=O)O. The quantitative estimate of drug-likeness (QED) is 0.496. The van der Waals surface area contributed by atoms with Gasteiger partial charge in [-0.15, -0.1) is 0 Å². The van der Waals surface area contributed by atoms with E-state index in [1.165, 1.54) is 0 Å². The second-order valence-corrected chi connectivity index (χ2v) is 3.26. The molecule has 0 aromatic carbocycles. The molecule has 0 unspecified atom stereocenters. The molecule has 0 aliphatic rings. The second kappa shape index (κ2) is 5.57. The molecule has 1 heterocycles. The molecule has 9 heteroatoms. The molecule has 0 fully saturated rings. The van der Waals surface area contributed by atoms with E-state index in [9.17, 15) is 19.2 Å². The van der Waals surface area contributed by atoms with E-state index in [2.05, 4.69) is 9.97 Å². The van der Waals surface area contributed by atoms with Crippen LogP contribution in [0.4, 0.5) is 0 Å². The maximum Gasteiger partial charge on any atom is 0.326 e. The summed E-state index contributed by atoms with van der Waals surface area (Å²) in [5.41, 5.74) is -0.738. The Kier molecular flexibility index (Phi) is 4.13. The van der Waals surface area contributed by atoms with Crippen LogP contribution in [0.3, 0.4) is 0 Å². The monoisotopic (exact) mass is 255 g/mol. The number of carboxylic acids is 2. The topological polar surface area (TPSA) is 149 Å². The van der Waals surface area contributed by atoms with Crippen LogP contribution < -0.4 is 10.9 Å². The van der Waals surface area contributed by atoms with Gasteiger partial charge in [0, 0.05) is 6.20 Å². The largest absolute Gasteiger partial charge is 0.481 e. The first-order valence-corrected chi connectivity index (χ1v) is 4.70. The Balaban J connectivity index is 2.78. The lowest BCUT2D eigenvalue weighted by atomic mass is 10.2. The number of H-pyrrole nitrogens is 1. The van der Waals surface area contributed by atoms with Crippen molar-refractivity contribution in [3.63, 3.8) is 0 Å². The zero-order valence-electron chi connectivity index (χ0n) is 8.91. The first-order chi connectivity index (χ1) is 8.40. The predicted octanol–water partition coefficient (Wildman–Crippen LogP) is -1.57. The van der Waals surface area contributed by atoms with Gasteiger partial charge >= 0.3 is 11.9 Å². The molecule has 4 N–H and O–H groups in total. The molecule has 0 spiro atoms. The Bertz CT molecular complexity index is 517. The highest BCUT2D eigenvalue weighted by Crippen LogP contribution is 1.96. The van der Waals surface area contributed by atoms with Crippen LogP contribution in [0.5, 0.6) is 0 Å². The van der Waals surface area contributed by atoms with Gasteiger partial charge in [0.2, 0.25) is 0 Å². The van der Waals surface area contributed by atoms with Crippen LogP contribution in [-0.2, 0) is 9.59 Å². The molecule has 0 saturated carbocycles. The van der Waals surface area contributed by atoms with Crippen molar-refractivity contribution in [1.82, 2.24) is 15.3 Å². The van der Waals surface area contributed by atoms with Crippen molar-refractivity contribution in [3.05, 3.63) is 28.4 Å². The summed E-state index contributed by atoms with van der Waals surface area (Å²) in [5.74, 6) is -3.73. The molecule has 0 aliphatic carbocycles. The molecular weight excluding hydrogens is 246 g/mol. The van der Waals surface area contributed by atoms with E-state index in [0.717, 1.165) is 12.4 Å². The number of nitrogens with one attached hydrogen (secondary N) is 2. The predicted molar refractivity (Wildman–Crippen MR) is 56.0 cm³/mol. The van der Waals surface area contributed by atoms with E-state index in [1.807, 2.05) is 5.32 Å². The highest BCUT2D eigenvalue weighted by atomic mass is 16.4. The van der Waals surface area contributed by atoms with E-state index in [1.54, 1.807) is 0 Å². The lowest BCUT2D eigenvalue weighted by molar-refractivity contribution is -0.145. The Morgan fingerprint density at radius 1 is 1.39 bits per heavy atom. The number of aliphatic carboxylic acids is 2. The third-order valence-corrected chi connectivity index (χ3v) is 1.89. The fraction of sp³-hybridized carbons (Fsp3) is 0.222. The number of hydrogen-bond donors (Lipinski definition) is 4. The Morgan fingerprint density at radius 2 is 2.06 bits per heavy atom. The number of carboxylic acid groups (broad SMARTS) is 2. The summed E-state index contributed by atoms with van der Waals surface area (Å²) in [4.78, 5) is 49.0. The zero-order chi connectivity index (χ0) is 13.7. The van der Waals surface area contributed by atoms with E-state index >= 15 is 0 Å². The maximum atomic E-state index is 11.5. The summed E-state index contributed by atoms with van der Waals surface area (Å²) < 4.78 is 0. The van der Waals surface area contributed by atoms with E-state index < -0.39 is 35.9 Å². The minimum Gasteiger partial charge on any atom is -0.481 e. The number of carbonyl (C=O) groups excluding carboxylic acids is 1. The molecule has 0 radical (unpaired) electrons. The average Bonchev–Trinajstić information content (AvgIpc) is 2.28. The first kappa shape index (κ1) is 13.4. The van der Waals surface area contributed by atoms with Crippen LogP contribution in [0.15, 0.2) is 17.2 Å². The van der Waals surface area contributed by atoms with Crippen molar-refractivity contribution in [2.75, 3.05) is 0 Å². The first-order valence-electron chi connectivity index (χ1n) is 4.70. The molecule has 1 aromatic heterocycles. The minimum absolute atomic E-state index is 0.216. The highest BCUT2D eigenvalue weighted by molar-refractivity contribution is 5.95. The number of aromatic nitrogens is 2. The van der Waals surface area contributed by atoms with Crippen molar-refractivity contribution >= 4 is 17.8 Å². The van der Waals surface area contributed by atoms with Gasteiger partial charge in [-0.3, -0.25) is 14.4 Å². The van der Waals surface area contributed by atoms with Gasteiger partial charge < -0.3 is 20.5 Å². The molecule has 0 saturated heterocycles. The molecule has 1 rings (SSSR count). The maximum absolute atomic E-state index is 11.5. The second-order valence-electron chi connectivity index (χ2n) is 3.26. The number of hydrogen-bond acceptors (Lipinski definition) is 5.